The first-order valence-electron chi connectivity index (χ1n) is 6.94. The Morgan fingerprint density at radius 2 is 2.04 bits per heavy atom. The molecule has 0 saturated carbocycles. The molecule has 0 N–H and O–H groups in total. The van der Waals surface area contributed by atoms with Gasteiger partial charge in [0, 0.05) is 17.5 Å². The molecule has 0 aliphatic carbocycles. The van der Waals surface area contributed by atoms with Gasteiger partial charge in [-0.1, -0.05) is 29.8 Å². The second-order valence-corrected chi connectivity index (χ2v) is 6.58. The van der Waals surface area contributed by atoms with Gasteiger partial charge < -0.3 is 4.90 Å². The molecule has 1 amide bonds. The van der Waals surface area contributed by atoms with E-state index in [1.165, 1.54) is 17.4 Å². The molecule has 5 heteroatoms. The second-order valence-electron chi connectivity index (χ2n) is 4.78. The minimum atomic E-state index is -0.0983. The lowest BCUT2D eigenvalue weighted by Gasteiger charge is -2.18. The Labute approximate surface area is 144 Å². The number of hydrogen-bond donors (Lipinski definition) is 0. The average Bonchev–Trinajstić information content (AvgIpc) is 2.97. The number of carbonyl (C=O) groups excluding carboxylic acids is 1. The number of carbonyl (C=O) groups is 1. The summed E-state index contributed by atoms with van der Waals surface area (Å²) in [6.07, 6.45) is 4.96. The number of benzene rings is 1. The summed E-state index contributed by atoms with van der Waals surface area (Å²) in [5, 5.41) is 8.77. The molecule has 116 valence electrons. The fraction of sp³-hybridized carbons (Fsp3) is 0.111. The number of rotatable bonds is 6. The molecule has 2 rings (SSSR count). The number of nitriles is 1. The lowest BCUT2D eigenvalue weighted by molar-refractivity contribution is -0.126. The van der Waals surface area contributed by atoms with Crippen molar-refractivity contribution >= 4 is 34.9 Å². The first-order valence-corrected chi connectivity index (χ1v) is 8.14. The van der Waals surface area contributed by atoms with E-state index in [1.54, 1.807) is 41.3 Å². The Balaban J connectivity index is 2.06. The topological polar surface area (TPSA) is 44.1 Å². The minimum Gasteiger partial charge on any atom is -0.330 e. The third-order valence-corrected chi connectivity index (χ3v) is 4.31. The molecule has 3 nitrogen and oxygen atoms in total. The predicted molar refractivity (Wildman–Crippen MR) is 95.1 cm³/mol. The van der Waals surface area contributed by atoms with E-state index in [4.69, 9.17) is 16.9 Å². The van der Waals surface area contributed by atoms with E-state index in [9.17, 15) is 4.79 Å². The molecule has 0 fully saturated rings. The minimum absolute atomic E-state index is 0.0983. The van der Waals surface area contributed by atoms with Crippen LogP contribution in [0, 0.1) is 11.3 Å². The highest BCUT2D eigenvalue weighted by molar-refractivity contribution is 7.16. The summed E-state index contributed by atoms with van der Waals surface area (Å²) in [5.74, 6) is -0.0983. The van der Waals surface area contributed by atoms with E-state index in [0.29, 0.717) is 23.0 Å². The molecule has 1 aromatic heterocycles. The standard InChI is InChI=1S/C18H15ClN2OS/c1-2-11-21(13-16-8-9-17(19)23-16)18(22)10-7-14-3-5-15(12-20)6-4-14/h2-10H,1,11,13H2/b10-7+. The van der Waals surface area contributed by atoms with Crippen LogP contribution in [0.5, 0.6) is 0 Å². The zero-order valence-electron chi connectivity index (χ0n) is 12.4. The highest BCUT2D eigenvalue weighted by Gasteiger charge is 2.11. The fourth-order valence-corrected chi connectivity index (χ4v) is 3.06. The highest BCUT2D eigenvalue weighted by atomic mass is 35.5. The van der Waals surface area contributed by atoms with Crippen molar-refractivity contribution in [2.75, 3.05) is 6.54 Å². The van der Waals surface area contributed by atoms with Crippen LogP contribution in [0.4, 0.5) is 0 Å². The molecule has 23 heavy (non-hydrogen) atoms. The largest absolute Gasteiger partial charge is 0.330 e. The summed E-state index contributed by atoms with van der Waals surface area (Å²) in [7, 11) is 0. The molecular weight excluding hydrogens is 328 g/mol. The van der Waals surface area contributed by atoms with Gasteiger partial charge in [0.05, 0.1) is 22.5 Å². The number of hydrogen-bond acceptors (Lipinski definition) is 3. The summed E-state index contributed by atoms with van der Waals surface area (Å²) >= 11 is 7.38. The monoisotopic (exact) mass is 342 g/mol. The van der Waals surface area contributed by atoms with Crippen LogP contribution in [0.25, 0.3) is 6.08 Å². The van der Waals surface area contributed by atoms with Crippen molar-refractivity contribution in [3.8, 4) is 6.07 Å². The maximum absolute atomic E-state index is 12.4. The van der Waals surface area contributed by atoms with Crippen molar-refractivity contribution < 1.29 is 4.79 Å². The van der Waals surface area contributed by atoms with Gasteiger partial charge in [-0.25, -0.2) is 0 Å². The van der Waals surface area contributed by atoms with E-state index in [1.807, 2.05) is 12.1 Å². The van der Waals surface area contributed by atoms with Crippen LogP contribution in [-0.2, 0) is 11.3 Å². The third kappa shape index (κ3) is 5.10. The average molecular weight is 343 g/mol. The first-order chi connectivity index (χ1) is 11.1. The van der Waals surface area contributed by atoms with Gasteiger partial charge in [-0.15, -0.1) is 17.9 Å². The Kier molecular flexibility index (Phi) is 6.16. The molecule has 2 aromatic rings. The van der Waals surface area contributed by atoms with E-state index in [-0.39, 0.29) is 5.91 Å². The van der Waals surface area contributed by atoms with Crippen LogP contribution in [0.3, 0.4) is 0 Å². The molecule has 0 radical (unpaired) electrons. The maximum Gasteiger partial charge on any atom is 0.247 e. The molecule has 0 unspecified atom stereocenters. The Morgan fingerprint density at radius 3 is 2.61 bits per heavy atom. The molecule has 0 bridgehead atoms. The summed E-state index contributed by atoms with van der Waals surface area (Å²) in [4.78, 5) is 15.1. The SMILES string of the molecule is C=CCN(Cc1ccc(Cl)s1)C(=O)/C=C/c1ccc(C#N)cc1. The summed E-state index contributed by atoms with van der Waals surface area (Å²) in [5.41, 5.74) is 1.46. The van der Waals surface area contributed by atoms with Crippen LogP contribution in [0.2, 0.25) is 4.34 Å². The van der Waals surface area contributed by atoms with E-state index in [2.05, 4.69) is 12.6 Å². The quantitative estimate of drug-likeness (QED) is 0.573. The summed E-state index contributed by atoms with van der Waals surface area (Å²) in [6.45, 7) is 4.66. The van der Waals surface area contributed by atoms with Crippen molar-refractivity contribution in [3.63, 3.8) is 0 Å². The Bertz CT molecular complexity index is 756. The van der Waals surface area contributed by atoms with Crippen molar-refractivity contribution in [2.24, 2.45) is 0 Å². The van der Waals surface area contributed by atoms with Crippen LogP contribution >= 0.6 is 22.9 Å². The second kappa shape index (κ2) is 8.33. The number of thiophene rings is 1. The van der Waals surface area contributed by atoms with Gasteiger partial charge in [-0.2, -0.15) is 5.26 Å². The van der Waals surface area contributed by atoms with Crippen molar-refractivity contribution in [1.29, 1.82) is 5.26 Å². The van der Waals surface area contributed by atoms with Gasteiger partial charge in [0.2, 0.25) is 5.91 Å². The lowest BCUT2D eigenvalue weighted by Crippen LogP contribution is -2.28. The lowest BCUT2D eigenvalue weighted by atomic mass is 10.1. The maximum atomic E-state index is 12.4. The molecule has 1 heterocycles. The molecule has 1 aromatic carbocycles. The number of nitrogens with zero attached hydrogens (tertiary/aromatic N) is 2. The zero-order chi connectivity index (χ0) is 16.7. The third-order valence-electron chi connectivity index (χ3n) is 3.09. The normalized spacial score (nSPS) is 10.4. The van der Waals surface area contributed by atoms with Crippen molar-refractivity contribution in [1.82, 2.24) is 4.90 Å². The highest BCUT2D eigenvalue weighted by Crippen LogP contribution is 2.22. The Hall–Kier alpha value is -2.35. The van der Waals surface area contributed by atoms with Gasteiger partial charge in [0.25, 0.3) is 0 Å². The predicted octanol–water partition coefficient (Wildman–Crippen LogP) is 4.50. The number of amides is 1. The van der Waals surface area contributed by atoms with Crippen molar-refractivity contribution in [2.45, 2.75) is 6.54 Å². The first kappa shape index (κ1) is 17.0. The summed E-state index contributed by atoms with van der Waals surface area (Å²) < 4.78 is 0.708. The Morgan fingerprint density at radius 1 is 1.30 bits per heavy atom. The zero-order valence-corrected chi connectivity index (χ0v) is 14.0. The fourth-order valence-electron chi connectivity index (χ4n) is 1.95. The van der Waals surface area contributed by atoms with Crippen LogP contribution in [0.15, 0.2) is 55.1 Å². The molecular formula is C18H15ClN2OS. The van der Waals surface area contributed by atoms with Crippen LogP contribution in [0.1, 0.15) is 16.0 Å². The van der Waals surface area contributed by atoms with Crippen molar-refractivity contribution in [3.05, 3.63) is 75.5 Å². The van der Waals surface area contributed by atoms with E-state index >= 15 is 0 Å². The smallest absolute Gasteiger partial charge is 0.247 e. The van der Waals surface area contributed by atoms with E-state index < -0.39 is 0 Å². The van der Waals surface area contributed by atoms with Crippen LogP contribution < -0.4 is 0 Å². The van der Waals surface area contributed by atoms with Gasteiger partial charge in [0.1, 0.15) is 0 Å². The molecule has 0 saturated heterocycles. The van der Waals surface area contributed by atoms with E-state index in [0.717, 1.165) is 10.4 Å². The molecule has 0 aliphatic rings. The van der Waals surface area contributed by atoms with Gasteiger partial charge >= 0.3 is 0 Å². The van der Waals surface area contributed by atoms with Gasteiger partial charge in [0.15, 0.2) is 0 Å². The summed E-state index contributed by atoms with van der Waals surface area (Å²) in [6, 6.07) is 12.9. The molecule has 0 spiro atoms. The van der Waals surface area contributed by atoms with Crippen LogP contribution in [-0.4, -0.2) is 17.4 Å². The molecule has 0 aliphatic heterocycles. The molecule has 0 atom stereocenters. The van der Waals surface area contributed by atoms with Gasteiger partial charge in [-0.3, -0.25) is 4.79 Å². The number of halogens is 1. The van der Waals surface area contributed by atoms with Gasteiger partial charge in [-0.05, 0) is 35.9 Å².